The highest BCUT2D eigenvalue weighted by molar-refractivity contribution is 6.77. The largest absolute Gasteiger partial charge is 0.546 e. The quantitative estimate of drug-likeness (QED) is 0.442. The maximum absolute atomic E-state index is 6.52. The molecule has 0 spiro atoms. The Hall–Kier alpha value is -0.243. The SMILES string of the molecule is CC=C(CC)O[Si](C(C)C)(C(C)C)C(C)C. The predicted octanol–water partition coefficient (Wildman–Crippen LogP) is 5.49. The lowest BCUT2D eigenvalue weighted by Crippen LogP contribution is -2.47. The van der Waals surface area contributed by atoms with Crippen molar-refractivity contribution in [3.8, 4) is 0 Å². The molecule has 0 aromatic carbocycles. The summed E-state index contributed by atoms with van der Waals surface area (Å²) in [6.45, 7) is 18.2. The summed E-state index contributed by atoms with van der Waals surface area (Å²) in [5.41, 5.74) is 1.98. The van der Waals surface area contributed by atoms with Crippen LogP contribution in [0, 0.1) is 0 Å². The molecule has 1 nitrogen and oxygen atoms in total. The lowest BCUT2D eigenvalue weighted by molar-refractivity contribution is 0.358. The number of hydrogen-bond acceptors (Lipinski definition) is 1. The highest BCUT2D eigenvalue weighted by Crippen LogP contribution is 2.43. The minimum Gasteiger partial charge on any atom is -0.546 e. The lowest BCUT2D eigenvalue weighted by atomic mass is 10.4. The van der Waals surface area contributed by atoms with Crippen LogP contribution in [0.5, 0.6) is 0 Å². The van der Waals surface area contributed by atoms with E-state index >= 15 is 0 Å². The van der Waals surface area contributed by atoms with Crippen molar-refractivity contribution in [2.75, 3.05) is 0 Å². The van der Waals surface area contributed by atoms with Gasteiger partial charge in [0.1, 0.15) is 0 Å². The second-order valence-electron chi connectivity index (χ2n) is 5.53. The lowest BCUT2D eigenvalue weighted by Gasteiger charge is -2.42. The smallest absolute Gasteiger partial charge is 0.258 e. The van der Waals surface area contributed by atoms with E-state index < -0.39 is 8.32 Å². The molecule has 0 aliphatic heterocycles. The van der Waals surface area contributed by atoms with Gasteiger partial charge in [0.15, 0.2) is 0 Å². The van der Waals surface area contributed by atoms with Gasteiger partial charge in [0.25, 0.3) is 8.32 Å². The Labute approximate surface area is 103 Å². The van der Waals surface area contributed by atoms with Crippen LogP contribution in [0.2, 0.25) is 16.6 Å². The van der Waals surface area contributed by atoms with Crippen LogP contribution in [-0.2, 0) is 4.43 Å². The van der Waals surface area contributed by atoms with Crippen molar-refractivity contribution in [1.82, 2.24) is 0 Å². The zero-order valence-corrected chi connectivity index (χ0v) is 13.4. The first-order chi connectivity index (χ1) is 7.32. The molecule has 0 aliphatic carbocycles. The molecule has 0 heterocycles. The fourth-order valence-corrected chi connectivity index (χ4v) is 8.34. The molecule has 0 amide bonds. The summed E-state index contributed by atoms with van der Waals surface area (Å²) in [4.78, 5) is 0. The van der Waals surface area contributed by atoms with Gasteiger partial charge in [-0.2, -0.15) is 0 Å². The Morgan fingerprint density at radius 3 is 1.56 bits per heavy atom. The zero-order valence-electron chi connectivity index (χ0n) is 12.4. The van der Waals surface area contributed by atoms with E-state index in [9.17, 15) is 0 Å². The summed E-state index contributed by atoms with van der Waals surface area (Å²) < 4.78 is 6.52. The average Bonchev–Trinajstić information content (AvgIpc) is 2.18. The molecule has 16 heavy (non-hydrogen) atoms. The maximum Gasteiger partial charge on any atom is 0.258 e. The molecule has 0 radical (unpaired) electrons. The normalized spacial score (nSPS) is 14.1. The Kier molecular flexibility index (Phi) is 6.38. The highest BCUT2D eigenvalue weighted by Gasteiger charge is 2.46. The molecule has 0 aromatic heterocycles. The van der Waals surface area contributed by atoms with Crippen LogP contribution in [0.1, 0.15) is 61.8 Å². The van der Waals surface area contributed by atoms with Crippen LogP contribution in [0.15, 0.2) is 11.8 Å². The molecule has 0 aromatic rings. The van der Waals surface area contributed by atoms with Crippen LogP contribution in [-0.4, -0.2) is 8.32 Å². The molecule has 0 unspecified atom stereocenters. The van der Waals surface area contributed by atoms with Crippen LogP contribution in [0.4, 0.5) is 0 Å². The first-order valence-electron chi connectivity index (χ1n) is 6.67. The number of rotatable bonds is 6. The van der Waals surface area contributed by atoms with E-state index in [1.807, 2.05) is 0 Å². The van der Waals surface area contributed by atoms with Gasteiger partial charge in [-0.25, -0.2) is 0 Å². The molecule has 0 rings (SSSR count). The summed E-state index contributed by atoms with van der Waals surface area (Å²) in [7, 11) is -1.70. The molecule has 0 saturated heterocycles. The molecule has 0 atom stereocenters. The summed E-state index contributed by atoms with van der Waals surface area (Å²) in [6.07, 6.45) is 3.15. The molecular formula is C14H30OSi. The zero-order chi connectivity index (χ0) is 12.9. The Bertz CT molecular complexity index is 207. The third kappa shape index (κ3) is 3.13. The minimum absolute atomic E-state index is 0.661. The number of hydrogen-bond donors (Lipinski definition) is 0. The van der Waals surface area contributed by atoms with Crippen LogP contribution < -0.4 is 0 Å². The van der Waals surface area contributed by atoms with E-state index in [-0.39, 0.29) is 0 Å². The van der Waals surface area contributed by atoms with Gasteiger partial charge in [-0.3, -0.25) is 0 Å². The Morgan fingerprint density at radius 2 is 1.38 bits per heavy atom. The topological polar surface area (TPSA) is 9.23 Å². The minimum atomic E-state index is -1.70. The fraction of sp³-hybridized carbons (Fsp3) is 0.857. The van der Waals surface area contributed by atoms with E-state index in [1.165, 1.54) is 5.76 Å². The van der Waals surface area contributed by atoms with Gasteiger partial charge >= 0.3 is 0 Å². The molecule has 2 heteroatoms. The van der Waals surface area contributed by atoms with Crippen molar-refractivity contribution in [1.29, 1.82) is 0 Å². The van der Waals surface area contributed by atoms with Gasteiger partial charge in [0.2, 0.25) is 0 Å². The molecule has 0 bridgehead atoms. The summed E-state index contributed by atoms with van der Waals surface area (Å²) in [5, 5.41) is 0. The van der Waals surface area contributed by atoms with Gasteiger partial charge in [-0.05, 0) is 23.5 Å². The first-order valence-corrected chi connectivity index (χ1v) is 8.81. The summed E-state index contributed by atoms with van der Waals surface area (Å²) in [5.74, 6) is 1.18. The Balaban J connectivity index is 5.20. The molecule has 96 valence electrons. The van der Waals surface area contributed by atoms with Crippen molar-refractivity contribution in [3.05, 3.63) is 11.8 Å². The second kappa shape index (κ2) is 6.48. The molecular weight excluding hydrogens is 212 g/mol. The van der Waals surface area contributed by atoms with E-state index in [4.69, 9.17) is 4.43 Å². The van der Waals surface area contributed by atoms with Crippen LogP contribution >= 0.6 is 0 Å². The molecule has 0 fully saturated rings. The van der Waals surface area contributed by atoms with E-state index in [1.54, 1.807) is 0 Å². The Morgan fingerprint density at radius 1 is 1.00 bits per heavy atom. The molecule has 0 aliphatic rings. The van der Waals surface area contributed by atoms with Crippen LogP contribution in [0.3, 0.4) is 0 Å². The van der Waals surface area contributed by atoms with Crippen molar-refractivity contribution in [2.45, 2.75) is 78.4 Å². The third-order valence-corrected chi connectivity index (χ3v) is 9.72. The van der Waals surface area contributed by atoms with Gasteiger partial charge in [0, 0.05) is 6.42 Å². The van der Waals surface area contributed by atoms with E-state index in [0.29, 0.717) is 16.6 Å². The van der Waals surface area contributed by atoms with Crippen molar-refractivity contribution >= 4 is 8.32 Å². The fourth-order valence-electron chi connectivity index (χ4n) is 2.92. The van der Waals surface area contributed by atoms with Gasteiger partial charge in [-0.15, -0.1) is 0 Å². The standard InChI is InChI=1S/C14H30OSi/c1-9-14(10-2)15-16(11(3)4,12(5)6)13(7)8/h9,11-13H,10H2,1-8H3. The van der Waals surface area contributed by atoms with Gasteiger partial charge in [0.05, 0.1) is 5.76 Å². The third-order valence-electron chi connectivity index (χ3n) is 3.69. The molecule has 0 saturated carbocycles. The number of allylic oxidation sites excluding steroid dienone is 2. The van der Waals surface area contributed by atoms with Crippen LogP contribution in [0.25, 0.3) is 0 Å². The maximum atomic E-state index is 6.52. The molecule has 0 N–H and O–H groups in total. The second-order valence-corrected chi connectivity index (χ2v) is 10.9. The first kappa shape index (κ1) is 15.8. The predicted molar refractivity (Wildman–Crippen MR) is 76.2 cm³/mol. The van der Waals surface area contributed by atoms with Gasteiger partial charge < -0.3 is 4.43 Å². The monoisotopic (exact) mass is 242 g/mol. The summed E-state index contributed by atoms with van der Waals surface area (Å²) >= 11 is 0. The highest BCUT2D eigenvalue weighted by atomic mass is 28.4. The van der Waals surface area contributed by atoms with Crippen molar-refractivity contribution in [3.63, 3.8) is 0 Å². The van der Waals surface area contributed by atoms with Crippen molar-refractivity contribution in [2.24, 2.45) is 0 Å². The van der Waals surface area contributed by atoms with Gasteiger partial charge in [-0.1, -0.05) is 54.5 Å². The van der Waals surface area contributed by atoms with Crippen molar-refractivity contribution < 1.29 is 4.43 Å². The average molecular weight is 242 g/mol. The summed E-state index contributed by atoms with van der Waals surface area (Å²) in [6, 6.07) is 0. The van der Waals surface area contributed by atoms with E-state index in [2.05, 4.69) is 61.5 Å². The van der Waals surface area contributed by atoms with E-state index in [0.717, 1.165) is 6.42 Å².